The molecule has 0 aliphatic carbocycles. The number of ether oxygens (including phenoxy) is 2. The summed E-state index contributed by atoms with van der Waals surface area (Å²) < 4.78 is 24.5. The number of methoxy groups -OCH3 is 2. The molecule has 0 radical (unpaired) electrons. The van der Waals surface area contributed by atoms with E-state index in [0.717, 1.165) is 0 Å². The standard InChI is InChI=1S/C16H13ClFN3O2.ClH/c1-22-14-6-10-13(7-15(14)23-2)19-8-20-16(10)21-12-4-3-9(17)5-11(12)18;/h3-8H,1-2H3,(H,19,20,21);1H. The average molecular weight is 370 g/mol. The first-order valence-electron chi connectivity index (χ1n) is 6.71. The molecule has 0 saturated carbocycles. The van der Waals surface area contributed by atoms with Crippen LogP contribution in [-0.2, 0) is 0 Å². The molecule has 0 amide bonds. The average Bonchev–Trinajstić information content (AvgIpc) is 2.56. The van der Waals surface area contributed by atoms with Gasteiger partial charge < -0.3 is 14.8 Å². The summed E-state index contributed by atoms with van der Waals surface area (Å²) >= 11 is 5.76. The molecule has 3 rings (SSSR count). The second-order valence-corrected chi connectivity index (χ2v) is 5.13. The van der Waals surface area contributed by atoms with Crippen LogP contribution in [0.4, 0.5) is 15.9 Å². The van der Waals surface area contributed by atoms with Crippen LogP contribution in [-0.4, -0.2) is 24.2 Å². The number of fused-ring (bicyclic) bond motifs is 1. The smallest absolute Gasteiger partial charge is 0.162 e. The molecule has 3 aromatic rings. The molecule has 0 spiro atoms. The maximum absolute atomic E-state index is 14.0. The molecule has 1 N–H and O–H groups in total. The molecule has 24 heavy (non-hydrogen) atoms. The van der Waals surface area contributed by atoms with Crippen molar-refractivity contribution in [3.05, 3.63) is 47.5 Å². The molecule has 1 heterocycles. The molecule has 0 fully saturated rings. The van der Waals surface area contributed by atoms with E-state index in [0.29, 0.717) is 33.2 Å². The van der Waals surface area contributed by atoms with Crippen molar-refractivity contribution in [1.82, 2.24) is 9.97 Å². The van der Waals surface area contributed by atoms with Crippen LogP contribution in [0.15, 0.2) is 36.7 Å². The van der Waals surface area contributed by atoms with Gasteiger partial charge in [-0.25, -0.2) is 14.4 Å². The van der Waals surface area contributed by atoms with Crippen molar-refractivity contribution < 1.29 is 13.9 Å². The number of nitrogens with one attached hydrogen (secondary N) is 1. The Morgan fingerprint density at radius 3 is 2.42 bits per heavy atom. The Hall–Kier alpha value is -2.31. The van der Waals surface area contributed by atoms with Gasteiger partial charge >= 0.3 is 0 Å². The van der Waals surface area contributed by atoms with Gasteiger partial charge in [-0.05, 0) is 24.3 Å². The van der Waals surface area contributed by atoms with Crippen LogP contribution in [0.25, 0.3) is 10.9 Å². The molecule has 126 valence electrons. The summed E-state index contributed by atoms with van der Waals surface area (Å²) in [6, 6.07) is 7.85. The van der Waals surface area contributed by atoms with Crippen molar-refractivity contribution in [2.45, 2.75) is 0 Å². The molecule has 0 aliphatic heterocycles. The van der Waals surface area contributed by atoms with Gasteiger partial charge in [0.1, 0.15) is 18.0 Å². The van der Waals surface area contributed by atoms with Crippen LogP contribution in [0.1, 0.15) is 0 Å². The van der Waals surface area contributed by atoms with Gasteiger partial charge in [0.05, 0.1) is 25.4 Å². The number of halogens is 3. The lowest BCUT2D eigenvalue weighted by atomic mass is 10.2. The predicted molar refractivity (Wildman–Crippen MR) is 94.6 cm³/mol. The molecule has 1 aromatic heterocycles. The number of anilines is 2. The zero-order valence-electron chi connectivity index (χ0n) is 12.8. The van der Waals surface area contributed by atoms with Gasteiger partial charge in [-0.3, -0.25) is 0 Å². The second-order valence-electron chi connectivity index (χ2n) is 4.70. The highest BCUT2D eigenvalue weighted by Crippen LogP contribution is 2.34. The van der Waals surface area contributed by atoms with Crippen molar-refractivity contribution in [3.8, 4) is 11.5 Å². The Labute approximate surface area is 149 Å². The predicted octanol–water partition coefficient (Wildman–Crippen LogP) is 4.60. The third-order valence-electron chi connectivity index (χ3n) is 3.32. The summed E-state index contributed by atoms with van der Waals surface area (Å²) in [7, 11) is 3.09. The number of hydrogen-bond acceptors (Lipinski definition) is 5. The third kappa shape index (κ3) is 3.44. The van der Waals surface area contributed by atoms with E-state index in [-0.39, 0.29) is 18.1 Å². The summed E-state index contributed by atoms with van der Waals surface area (Å²) in [5.41, 5.74) is 0.915. The molecule has 0 saturated heterocycles. The summed E-state index contributed by atoms with van der Waals surface area (Å²) in [5, 5.41) is 3.96. The minimum atomic E-state index is -0.468. The number of benzene rings is 2. The highest BCUT2D eigenvalue weighted by molar-refractivity contribution is 6.30. The minimum absolute atomic E-state index is 0. The second kappa shape index (κ2) is 7.51. The fourth-order valence-electron chi connectivity index (χ4n) is 2.20. The van der Waals surface area contributed by atoms with Crippen molar-refractivity contribution >= 4 is 46.4 Å². The van der Waals surface area contributed by atoms with Crippen LogP contribution in [0.2, 0.25) is 5.02 Å². The van der Waals surface area contributed by atoms with E-state index in [2.05, 4.69) is 15.3 Å². The molecule has 0 bridgehead atoms. The molecule has 8 heteroatoms. The molecular formula is C16H14Cl2FN3O2. The molecule has 2 aromatic carbocycles. The van der Waals surface area contributed by atoms with Gasteiger partial charge in [-0.1, -0.05) is 11.6 Å². The largest absolute Gasteiger partial charge is 0.493 e. The number of rotatable bonds is 4. The summed E-state index contributed by atoms with van der Waals surface area (Å²) in [4.78, 5) is 8.38. The summed E-state index contributed by atoms with van der Waals surface area (Å²) in [6.45, 7) is 0. The lowest BCUT2D eigenvalue weighted by molar-refractivity contribution is 0.356. The molecule has 0 atom stereocenters. The fourth-order valence-corrected chi connectivity index (χ4v) is 2.36. The lowest BCUT2D eigenvalue weighted by Crippen LogP contribution is -1.99. The maximum atomic E-state index is 14.0. The Kier molecular flexibility index (Phi) is 5.64. The maximum Gasteiger partial charge on any atom is 0.162 e. The minimum Gasteiger partial charge on any atom is -0.493 e. The van der Waals surface area contributed by atoms with Crippen LogP contribution >= 0.6 is 24.0 Å². The number of aromatic nitrogens is 2. The highest BCUT2D eigenvalue weighted by Gasteiger charge is 2.12. The van der Waals surface area contributed by atoms with E-state index in [1.54, 1.807) is 38.5 Å². The van der Waals surface area contributed by atoms with Gasteiger partial charge in [0.2, 0.25) is 0 Å². The van der Waals surface area contributed by atoms with Crippen molar-refractivity contribution in [3.63, 3.8) is 0 Å². The van der Waals surface area contributed by atoms with E-state index in [1.807, 2.05) is 0 Å². The summed E-state index contributed by atoms with van der Waals surface area (Å²) in [5.74, 6) is 1.08. The van der Waals surface area contributed by atoms with Gasteiger partial charge in [0, 0.05) is 16.5 Å². The van der Waals surface area contributed by atoms with Crippen LogP contribution in [0, 0.1) is 5.82 Å². The first-order valence-corrected chi connectivity index (χ1v) is 7.09. The molecular weight excluding hydrogens is 356 g/mol. The van der Waals surface area contributed by atoms with E-state index in [4.69, 9.17) is 21.1 Å². The lowest BCUT2D eigenvalue weighted by Gasteiger charge is -2.12. The molecule has 0 unspecified atom stereocenters. The van der Waals surface area contributed by atoms with Gasteiger partial charge in [0.25, 0.3) is 0 Å². The number of hydrogen-bond donors (Lipinski definition) is 1. The Bertz CT molecular complexity index is 877. The molecule has 5 nitrogen and oxygen atoms in total. The van der Waals surface area contributed by atoms with E-state index in [1.165, 1.54) is 12.4 Å². The van der Waals surface area contributed by atoms with E-state index in [9.17, 15) is 4.39 Å². The van der Waals surface area contributed by atoms with Crippen molar-refractivity contribution in [1.29, 1.82) is 0 Å². The quantitative estimate of drug-likeness (QED) is 0.727. The van der Waals surface area contributed by atoms with E-state index >= 15 is 0 Å². The van der Waals surface area contributed by atoms with Crippen molar-refractivity contribution in [2.24, 2.45) is 0 Å². The highest BCUT2D eigenvalue weighted by atomic mass is 35.5. The molecule has 0 aliphatic rings. The summed E-state index contributed by atoms with van der Waals surface area (Å²) in [6.07, 6.45) is 1.39. The zero-order chi connectivity index (χ0) is 16.4. The van der Waals surface area contributed by atoms with Gasteiger partial charge in [-0.2, -0.15) is 0 Å². The normalized spacial score (nSPS) is 10.2. The third-order valence-corrected chi connectivity index (χ3v) is 3.56. The topological polar surface area (TPSA) is 56.3 Å². The van der Waals surface area contributed by atoms with Crippen LogP contribution < -0.4 is 14.8 Å². The first kappa shape index (κ1) is 18.0. The fraction of sp³-hybridized carbons (Fsp3) is 0.125. The Morgan fingerprint density at radius 2 is 1.75 bits per heavy atom. The first-order chi connectivity index (χ1) is 11.1. The van der Waals surface area contributed by atoms with Crippen LogP contribution in [0.3, 0.4) is 0 Å². The Balaban J connectivity index is 0.00000208. The SMILES string of the molecule is COc1cc2ncnc(Nc3ccc(Cl)cc3F)c2cc1OC.Cl. The zero-order valence-corrected chi connectivity index (χ0v) is 14.4. The van der Waals surface area contributed by atoms with E-state index < -0.39 is 5.82 Å². The van der Waals surface area contributed by atoms with Gasteiger partial charge in [0.15, 0.2) is 11.5 Å². The van der Waals surface area contributed by atoms with Crippen molar-refractivity contribution in [2.75, 3.05) is 19.5 Å². The Morgan fingerprint density at radius 1 is 1.04 bits per heavy atom. The van der Waals surface area contributed by atoms with Crippen LogP contribution in [0.5, 0.6) is 11.5 Å². The number of nitrogens with zero attached hydrogens (tertiary/aromatic N) is 2. The van der Waals surface area contributed by atoms with Gasteiger partial charge in [-0.15, -0.1) is 12.4 Å². The monoisotopic (exact) mass is 369 g/mol.